The number of nitrogens with one attached hydrogen (secondary N) is 2. The van der Waals surface area contributed by atoms with Gasteiger partial charge in [-0.3, -0.25) is 14.8 Å². The van der Waals surface area contributed by atoms with Crippen molar-refractivity contribution >= 4 is 17.3 Å². The van der Waals surface area contributed by atoms with Crippen molar-refractivity contribution in [1.82, 2.24) is 25.4 Å². The van der Waals surface area contributed by atoms with Crippen molar-refractivity contribution in [3.05, 3.63) is 15.6 Å². The Morgan fingerprint density at radius 2 is 2.05 bits per heavy atom. The molecule has 4 heterocycles. The summed E-state index contributed by atoms with van der Waals surface area (Å²) in [4.78, 5) is 15.3. The maximum absolute atomic E-state index is 4.56. The van der Waals surface area contributed by atoms with E-state index in [1.54, 1.807) is 11.3 Å². The summed E-state index contributed by atoms with van der Waals surface area (Å²) in [6, 6.07) is 0.602. The maximum atomic E-state index is 4.56. The molecule has 3 aliphatic heterocycles. The fourth-order valence-electron chi connectivity index (χ4n) is 3.13. The second-order valence-electron chi connectivity index (χ2n) is 6.05. The van der Waals surface area contributed by atoms with Crippen LogP contribution in [-0.2, 0) is 6.54 Å². The van der Waals surface area contributed by atoms with E-state index in [9.17, 15) is 0 Å². The second-order valence-corrected chi connectivity index (χ2v) is 7.33. The molecular weight excluding hydrogens is 296 g/mol. The molecule has 4 rings (SSSR count). The van der Waals surface area contributed by atoms with Crippen LogP contribution in [0.25, 0.3) is 0 Å². The topological polar surface area (TPSA) is 55.8 Å². The van der Waals surface area contributed by atoms with E-state index >= 15 is 0 Å². The number of rotatable bonds is 4. The van der Waals surface area contributed by atoms with Gasteiger partial charge in [0.05, 0.1) is 12.2 Å². The lowest BCUT2D eigenvalue weighted by molar-refractivity contribution is 0.0154. The average molecular weight is 322 g/mol. The van der Waals surface area contributed by atoms with Crippen molar-refractivity contribution < 1.29 is 0 Å². The Hall–Kier alpha value is -1.18. The van der Waals surface area contributed by atoms with Gasteiger partial charge in [-0.25, -0.2) is 4.98 Å². The van der Waals surface area contributed by atoms with Gasteiger partial charge in [-0.1, -0.05) is 0 Å². The van der Waals surface area contributed by atoms with Crippen molar-refractivity contribution in [2.45, 2.75) is 26.4 Å². The molecule has 2 bridgehead atoms. The molecule has 1 atom stereocenters. The Morgan fingerprint density at radius 1 is 1.27 bits per heavy atom. The monoisotopic (exact) mass is 322 g/mol. The molecule has 0 radical (unpaired) electrons. The van der Waals surface area contributed by atoms with E-state index in [0.29, 0.717) is 6.04 Å². The van der Waals surface area contributed by atoms with Crippen LogP contribution in [-0.4, -0.2) is 73.1 Å². The molecule has 122 valence electrons. The van der Waals surface area contributed by atoms with Crippen molar-refractivity contribution in [2.75, 3.05) is 46.3 Å². The first kappa shape index (κ1) is 15.7. The zero-order chi connectivity index (χ0) is 15.5. The Bertz CT molecular complexity index is 513. The molecule has 0 saturated carbocycles. The van der Waals surface area contributed by atoms with Gasteiger partial charge in [-0.15, -0.1) is 11.3 Å². The van der Waals surface area contributed by atoms with E-state index in [0.717, 1.165) is 29.8 Å². The summed E-state index contributed by atoms with van der Waals surface area (Å²) in [5, 5.41) is 7.94. The van der Waals surface area contributed by atoms with Crippen LogP contribution in [0.3, 0.4) is 0 Å². The van der Waals surface area contributed by atoms with Crippen molar-refractivity contribution in [3.8, 4) is 0 Å². The van der Waals surface area contributed by atoms with Crippen LogP contribution in [0.4, 0.5) is 0 Å². The Morgan fingerprint density at radius 3 is 2.59 bits per heavy atom. The highest BCUT2D eigenvalue weighted by Gasteiger charge is 2.31. The summed E-state index contributed by atoms with van der Waals surface area (Å²) in [7, 11) is 1.82. The molecule has 3 saturated heterocycles. The third-order valence-electron chi connectivity index (χ3n) is 4.60. The standard InChI is InChI=1S/C15H26N6S/c1-11-12(2)22-14(19-11)9-18-15(16-3)17-8-13-10-20-4-6-21(13)7-5-20/h13H,4-10H2,1-3H3,(H2,16,17,18). The van der Waals surface area contributed by atoms with E-state index in [2.05, 4.69) is 44.3 Å². The maximum Gasteiger partial charge on any atom is 0.191 e. The molecule has 7 heteroatoms. The second kappa shape index (κ2) is 6.93. The van der Waals surface area contributed by atoms with Crippen molar-refractivity contribution in [3.63, 3.8) is 0 Å². The highest BCUT2D eigenvalue weighted by molar-refractivity contribution is 7.11. The SMILES string of the molecule is CN=C(NCc1nc(C)c(C)s1)NCC1CN2CCN1CC2. The lowest BCUT2D eigenvalue weighted by Gasteiger charge is -2.47. The number of nitrogens with zero attached hydrogens (tertiary/aromatic N) is 4. The summed E-state index contributed by atoms with van der Waals surface area (Å²) in [5.41, 5.74) is 1.13. The first-order chi connectivity index (χ1) is 10.7. The van der Waals surface area contributed by atoms with Crippen molar-refractivity contribution in [1.29, 1.82) is 0 Å². The van der Waals surface area contributed by atoms with Gasteiger partial charge in [0.15, 0.2) is 5.96 Å². The molecule has 0 aromatic carbocycles. The summed E-state index contributed by atoms with van der Waals surface area (Å²) in [6.07, 6.45) is 0. The number of hydrogen-bond acceptors (Lipinski definition) is 5. The summed E-state index contributed by atoms with van der Waals surface area (Å²) < 4.78 is 0. The molecule has 1 aromatic rings. The summed E-state index contributed by atoms with van der Waals surface area (Å²) in [5.74, 6) is 0.864. The number of thiazole rings is 1. The van der Waals surface area contributed by atoms with E-state index in [1.165, 1.54) is 37.6 Å². The number of fused-ring (bicyclic) bond motifs is 3. The van der Waals surface area contributed by atoms with Crippen LogP contribution in [0.2, 0.25) is 0 Å². The summed E-state index contributed by atoms with van der Waals surface area (Å²) >= 11 is 1.75. The molecule has 2 N–H and O–H groups in total. The van der Waals surface area contributed by atoms with Gasteiger partial charge < -0.3 is 10.6 Å². The van der Waals surface area contributed by atoms with E-state index in [4.69, 9.17) is 0 Å². The molecule has 6 nitrogen and oxygen atoms in total. The van der Waals surface area contributed by atoms with Gasteiger partial charge in [-0.05, 0) is 13.8 Å². The highest BCUT2D eigenvalue weighted by atomic mass is 32.1. The number of hydrogen-bond donors (Lipinski definition) is 2. The molecule has 0 spiro atoms. The Labute approximate surface area is 136 Å². The molecule has 3 aliphatic rings. The van der Waals surface area contributed by atoms with Crippen LogP contribution in [0.5, 0.6) is 0 Å². The van der Waals surface area contributed by atoms with Gasteiger partial charge >= 0.3 is 0 Å². The quantitative estimate of drug-likeness (QED) is 0.622. The minimum atomic E-state index is 0.602. The van der Waals surface area contributed by atoms with Crippen LogP contribution in [0, 0.1) is 13.8 Å². The summed E-state index contributed by atoms with van der Waals surface area (Å²) in [6.45, 7) is 11.9. The molecule has 1 aromatic heterocycles. The number of aliphatic imine (C=N–C) groups is 1. The minimum Gasteiger partial charge on any atom is -0.355 e. The number of piperazine rings is 3. The first-order valence-corrected chi connectivity index (χ1v) is 8.81. The van der Waals surface area contributed by atoms with Crippen molar-refractivity contribution in [2.24, 2.45) is 4.99 Å². The molecule has 0 aliphatic carbocycles. The highest BCUT2D eigenvalue weighted by Crippen LogP contribution is 2.16. The molecular formula is C15H26N6S. The van der Waals surface area contributed by atoms with Crippen LogP contribution >= 0.6 is 11.3 Å². The molecule has 3 fully saturated rings. The third-order valence-corrected chi connectivity index (χ3v) is 5.67. The van der Waals surface area contributed by atoms with Gasteiger partial charge in [0.1, 0.15) is 5.01 Å². The Balaban J connectivity index is 1.46. The number of aromatic nitrogens is 1. The van der Waals surface area contributed by atoms with Crippen LogP contribution in [0.15, 0.2) is 4.99 Å². The number of aryl methyl sites for hydroxylation is 2. The number of guanidine groups is 1. The normalized spacial score (nSPS) is 28.0. The van der Waals surface area contributed by atoms with E-state index in [-0.39, 0.29) is 0 Å². The van der Waals surface area contributed by atoms with Gasteiger partial charge in [0.25, 0.3) is 0 Å². The molecule has 0 amide bonds. The zero-order valence-electron chi connectivity index (χ0n) is 13.7. The smallest absolute Gasteiger partial charge is 0.191 e. The first-order valence-electron chi connectivity index (χ1n) is 7.99. The third kappa shape index (κ3) is 3.59. The van der Waals surface area contributed by atoms with Gasteiger partial charge in [0, 0.05) is 57.2 Å². The molecule has 22 heavy (non-hydrogen) atoms. The average Bonchev–Trinajstić information content (AvgIpc) is 2.87. The predicted octanol–water partition coefficient (Wildman–Crippen LogP) is 0.425. The van der Waals surface area contributed by atoms with Gasteiger partial charge in [-0.2, -0.15) is 0 Å². The largest absolute Gasteiger partial charge is 0.355 e. The van der Waals surface area contributed by atoms with Gasteiger partial charge in [0.2, 0.25) is 0 Å². The minimum absolute atomic E-state index is 0.602. The predicted molar refractivity (Wildman–Crippen MR) is 91.6 cm³/mol. The van der Waals surface area contributed by atoms with Crippen LogP contribution in [0.1, 0.15) is 15.6 Å². The van der Waals surface area contributed by atoms with Crippen LogP contribution < -0.4 is 10.6 Å². The van der Waals surface area contributed by atoms with E-state index < -0.39 is 0 Å². The fourth-order valence-corrected chi connectivity index (χ4v) is 4.00. The molecule has 1 unspecified atom stereocenters. The lowest BCUT2D eigenvalue weighted by atomic mass is 10.1. The van der Waals surface area contributed by atoms with E-state index in [1.807, 2.05) is 7.05 Å². The Kier molecular flexibility index (Phi) is 4.95. The fraction of sp³-hybridized carbons (Fsp3) is 0.733. The lowest BCUT2D eigenvalue weighted by Crippen LogP contribution is -2.63. The zero-order valence-corrected chi connectivity index (χ0v) is 14.5.